The summed E-state index contributed by atoms with van der Waals surface area (Å²) in [5, 5.41) is 3.35. The van der Waals surface area contributed by atoms with Crippen LogP contribution < -0.4 is 9.62 Å². The maximum absolute atomic E-state index is 13.7. The SMILES string of the molecule is CC(C(=O)NC1CCCCC1)N(Cc1ccc(Cl)c(Cl)c1)C(=O)CN(c1ccc(F)c(Cl)c1)S(C)(=O)=O. The molecule has 1 unspecified atom stereocenters. The van der Waals surface area contributed by atoms with Crippen LogP contribution in [-0.2, 0) is 26.2 Å². The van der Waals surface area contributed by atoms with Gasteiger partial charge in [0.05, 0.1) is 27.0 Å². The molecule has 1 N–H and O–H groups in total. The topological polar surface area (TPSA) is 86.8 Å². The highest BCUT2D eigenvalue weighted by atomic mass is 35.5. The molecule has 1 aliphatic carbocycles. The number of amides is 2. The Morgan fingerprint density at radius 3 is 2.30 bits per heavy atom. The molecule has 2 aromatic rings. The van der Waals surface area contributed by atoms with E-state index < -0.39 is 34.3 Å². The third kappa shape index (κ3) is 7.96. The van der Waals surface area contributed by atoms with Crippen LogP contribution in [-0.4, -0.2) is 50.0 Å². The smallest absolute Gasteiger partial charge is 0.244 e. The molecule has 7 nitrogen and oxygen atoms in total. The van der Waals surface area contributed by atoms with Crippen LogP contribution in [0.3, 0.4) is 0 Å². The van der Waals surface area contributed by atoms with E-state index in [2.05, 4.69) is 5.32 Å². The zero-order valence-corrected chi connectivity index (χ0v) is 23.6. The van der Waals surface area contributed by atoms with Gasteiger partial charge in [-0.15, -0.1) is 0 Å². The molecule has 1 fully saturated rings. The van der Waals surface area contributed by atoms with Crippen molar-refractivity contribution in [2.45, 2.75) is 57.7 Å². The number of benzene rings is 2. The molecule has 12 heteroatoms. The lowest BCUT2D eigenvalue weighted by molar-refractivity contribution is -0.139. The lowest BCUT2D eigenvalue weighted by atomic mass is 9.95. The molecule has 0 heterocycles. The van der Waals surface area contributed by atoms with Crippen LogP contribution in [0.4, 0.5) is 10.1 Å². The number of nitrogens with zero attached hydrogens (tertiary/aromatic N) is 2. The monoisotopic (exact) mass is 591 g/mol. The fraction of sp³-hybridized carbons (Fsp3) is 0.440. The maximum atomic E-state index is 13.7. The minimum atomic E-state index is -3.96. The van der Waals surface area contributed by atoms with Crippen LogP contribution in [0.15, 0.2) is 36.4 Å². The van der Waals surface area contributed by atoms with E-state index in [1.165, 1.54) is 11.0 Å². The number of carbonyl (C=O) groups is 2. The number of sulfonamides is 1. The molecule has 0 saturated heterocycles. The first kappa shape index (κ1) is 29.5. The minimum absolute atomic E-state index is 0.0171. The fourth-order valence-corrected chi connectivity index (χ4v) is 5.58. The van der Waals surface area contributed by atoms with Crippen molar-refractivity contribution in [2.75, 3.05) is 17.1 Å². The van der Waals surface area contributed by atoms with Gasteiger partial charge in [0, 0.05) is 12.6 Å². The molecule has 1 aliphatic rings. The minimum Gasteiger partial charge on any atom is -0.352 e. The van der Waals surface area contributed by atoms with E-state index in [1.807, 2.05) is 0 Å². The van der Waals surface area contributed by atoms with E-state index in [-0.39, 0.29) is 34.2 Å². The van der Waals surface area contributed by atoms with E-state index in [1.54, 1.807) is 25.1 Å². The zero-order valence-electron chi connectivity index (χ0n) is 20.5. The molecule has 0 spiro atoms. The van der Waals surface area contributed by atoms with Crippen LogP contribution in [0.1, 0.15) is 44.6 Å². The van der Waals surface area contributed by atoms with Gasteiger partial charge in [0.25, 0.3) is 0 Å². The number of hydrogen-bond acceptors (Lipinski definition) is 4. The molecular weight excluding hydrogens is 564 g/mol. The standard InChI is InChI=1S/C25H29Cl3FN3O4S/c1-16(25(34)30-18-6-4-3-5-7-18)31(14-17-8-10-20(26)21(27)12-17)24(33)15-32(37(2,35)36)19-9-11-23(29)22(28)13-19/h8-13,16,18H,3-7,14-15H2,1-2H3,(H,30,34). The summed E-state index contributed by atoms with van der Waals surface area (Å²) >= 11 is 18.0. The second-order valence-electron chi connectivity index (χ2n) is 9.16. The lowest BCUT2D eigenvalue weighted by Crippen LogP contribution is -2.53. The highest BCUT2D eigenvalue weighted by Crippen LogP contribution is 2.26. The third-order valence-corrected chi connectivity index (χ3v) is 8.50. The number of hydrogen-bond donors (Lipinski definition) is 1. The second kappa shape index (κ2) is 12.7. The lowest BCUT2D eigenvalue weighted by Gasteiger charge is -2.33. The van der Waals surface area contributed by atoms with Crippen LogP contribution in [0.5, 0.6) is 0 Å². The summed E-state index contributed by atoms with van der Waals surface area (Å²) < 4.78 is 39.7. The molecule has 202 valence electrons. The van der Waals surface area contributed by atoms with Crippen molar-refractivity contribution < 1.29 is 22.4 Å². The van der Waals surface area contributed by atoms with Gasteiger partial charge in [0.2, 0.25) is 21.8 Å². The first-order chi connectivity index (χ1) is 17.4. The largest absolute Gasteiger partial charge is 0.352 e. The van der Waals surface area contributed by atoms with Crippen molar-refractivity contribution in [2.24, 2.45) is 0 Å². The van der Waals surface area contributed by atoms with E-state index in [9.17, 15) is 22.4 Å². The van der Waals surface area contributed by atoms with Gasteiger partial charge >= 0.3 is 0 Å². The van der Waals surface area contributed by atoms with Gasteiger partial charge in [-0.1, -0.05) is 60.1 Å². The highest BCUT2D eigenvalue weighted by Gasteiger charge is 2.31. The predicted molar refractivity (Wildman–Crippen MR) is 145 cm³/mol. The molecule has 0 bridgehead atoms. The second-order valence-corrected chi connectivity index (χ2v) is 12.3. The van der Waals surface area contributed by atoms with Gasteiger partial charge in [-0.3, -0.25) is 13.9 Å². The van der Waals surface area contributed by atoms with Crippen LogP contribution in [0, 0.1) is 5.82 Å². The Bertz CT molecular complexity index is 1260. The number of carbonyl (C=O) groups excluding carboxylic acids is 2. The Kier molecular flexibility index (Phi) is 10.1. The maximum Gasteiger partial charge on any atom is 0.244 e. The number of halogens is 4. The summed E-state index contributed by atoms with van der Waals surface area (Å²) in [6.07, 6.45) is 5.83. The van der Waals surface area contributed by atoms with Crippen molar-refractivity contribution in [3.8, 4) is 0 Å². The van der Waals surface area contributed by atoms with E-state index in [4.69, 9.17) is 34.8 Å². The first-order valence-electron chi connectivity index (χ1n) is 11.8. The molecule has 1 saturated carbocycles. The van der Waals surface area contributed by atoms with Crippen molar-refractivity contribution in [3.63, 3.8) is 0 Å². The van der Waals surface area contributed by atoms with Gasteiger partial charge in [0.1, 0.15) is 18.4 Å². The average Bonchev–Trinajstić information content (AvgIpc) is 2.84. The summed E-state index contributed by atoms with van der Waals surface area (Å²) in [4.78, 5) is 28.0. The molecule has 2 amide bonds. The Morgan fingerprint density at radius 2 is 1.70 bits per heavy atom. The first-order valence-corrected chi connectivity index (χ1v) is 14.8. The molecule has 37 heavy (non-hydrogen) atoms. The van der Waals surface area contributed by atoms with Gasteiger partial charge in [0.15, 0.2) is 0 Å². The fourth-order valence-electron chi connectivity index (χ4n) is 4.24. The van der Waals surface area contributed by atoms with E-state index in [0.29, 0.717) is 10.6 Å². The van der Waals surface area contributed by atoms with Gasteiger partial charge in [-0.2, -0.15) is 0 Å². The van der Waals surface area contributed by atoms with E-state index >= 15 is 0 Å². The Balaban J connectivity index is 1.90. The zero-order chi connectivity index (χ0) is 27.3. The summed E-state index contributed by atoms with van der Waals surface area (Å²) in [5.74, 6) is -1.70. The van der Waals surface area contributed by atoms with Crippen molar-refractivity contribution >= 4 is 62.3 Å². The van der Waals surface area contributed by atoms with Gasteiger partial charge < -0.3 is 10.2 Å². The number of nitrogens with one attached hydrogen (secondary N) is 1. The van der Waals surface area contributed by atoms with Crippen LogP contribution in [0.2, 0.25) is 15.1 Å². The number of anilines is 1. The van der Waals surface area contributed by atoms with Gasteiger partial charge in [-0.05, 0) is 55.7 Å². The van der Waals surface area contributed by atoms with Gasteiger partial charge in [-0.25, -0.2) is 12.8 Å². The summed E-state index contributed by atoms with van der Waals surface area (Å²) in [5.41, 5.74) is 0.631. The number of rotatable bonds is 9. The molecular formula is C25H29Cl3FN3O4S. The Labute approximate surface area is 231 Å². The molecule has 1 atom stereocenters. The predicted octanol–water partition coefficient (Wildman–Crippen LogP) is 5.42. The average molecular weight is 593 g/mol. The molecule has 3 rings (SSSR count). The van der Waals surface area contributed by atoms with Crippen molar-refractivity contribution in [1.29, 1.82) is 0 Å². The normalized spacial score (nSPS) is 15.2. The molecule has 0 aliphatic heterocycles. The van der Waals surface area contributed by atoms with Crippen molar-refractivity contribution in [3.05, 3.63) is 62.8 Å². The third-order valence-electron chi connectivity index (χ3n) is 6.33. The quantitative estimate of drug-likeness (QED) is 0.421. The van der Waals surface area contributed by atoms with Crippen molar-refractivity contribution in [1.82, 2.24) is 10.2 Å². The van der Waals surface area contributed by atoms with Crippen LogP contribution >= 0.6 is 34.8 Å². The molecule has 2 aromatic carbocycles. The molecule has 0 aromatic heterocycles. The van der Waals surface area contributed by atoms with E-state index in [0.717, 1.165) is 54.8 Å². The Morgan fingerprint density at radius 1 is 1.03 bits per heavy atom. The molecule has 0 radical (unpaired) electrons. The summed E-state index contributed by atoms with van der Waals surface area (Å²) in [6.45, 7) is 0.951. The summed E-state index contributed by atoms with van der Waals surface area (Å²) in [6, 6.07) is 7.33. The summed E-state index contributed by atoms with van der Waals surface area (Å²) in [7, 11) is -3.96. The highest BCUT2D eigenvalue weighted by molar-refractivity contribution is 7.92. The Hall–Kier alpha value is -2.07. The van der Waals surface area contributed by atoms with Crippen LogP contribution in [0.25, 0.3) is 0 Å².